The summed E-state index contributed by atoms with van der Waals surface area (Å²) in [6.45, 7) is 0. The summed E-state index contributed by atoms with van der Waals surface area (Å²) in [5.41, 5.74) is 3.35. The normalized spacial score (nSPS) is 15.7. The largest absolute Gasteiger partial charge is 0.372 e. The molecule has 0 radical (unpaired) electrons. The topological polar surface area (TPSA) is 33.3 Å². The Labute approximate surface area is 285 Å². The molecule has 6 aromatic rings. The van der Waals surface area contributed by atoms with Gasteiger partial charge in [-0.05, 0) is 52.8 Å². The second-order valence-electron chi connectivity index (χ2n) is 12.2. The molecule has 232 valence electrons. The fraction of sp³-hybridized carbons (Fsp3) is 0.0698. The maximum absolute atomic E-state index is 8.19. The minimum Gasteiger partial charge on any atom is -0.372 e. The van der Waals surface area contributed by atoms with Crippen molar-refractivity contribution in [1.29, 1.82) is 0 Å². The smallest absolute Gasteiger partial charge is 0.256 e. The average Bonchev–Trinajstić information content (AvgIpc) is 3.16. The molecule has 6 aromatic carbocycles. The summed E-state index contributed by atoms with van der Waals surface area (Å²) in [4.78, 5) is 0. The zero-order valence-electron chi connectivity index (χ0n) is 26.6. The summed E-state index contributed by atoms with van der Waals surface area (Å²) in [6.07, 6.45) is 12.4. The molecule has 1 aliphatic rings. The maximum atomic E-state index is 8.19. The van der Waals surface area contributed by atoms with E-state index in [0.29, 0.717) is 6.42 Å². The van der Waals surface area contributed by atoms with E-state index in [9.17, 15) is 0 Å². The number of terminal acetylenes is 2. The molecule has 0 aliphatic carbocycles. The number of nitrogens with one attached hydrogen (secondary N) is 2. The highest BCUT2D eigenvalue weighted by atomic mass is 29.3. The highest BCUT2D eigenvalue weighted by Gasteiger charge is 2.67. The van der Waals surface area contributed by atoms with Crippen LogP contribution in [-0.2, 0) is 4.43 Å². The molecular formula is C43H36N2OSi2. The van der Waals surface area contributed by atoms with Crippen LogP contribution < -0.4 is 31.4 Å². The Kier molecular flexibility index (Phi) is 8.59. The molecule has 0 unspecified atom stereocenters. The van der Waals surface area contributed by atoms with Crippen molar-refractivity contribution in [3.8, 4) is 24.7 Å². The van der Waals surface area contributed by atoms with E-state index < -0.39 is 21.3 Å². The molecule has 0 spiro atoms. The maximum Gasteiger partial charge on any atom is 0.256 e. The fourth-order valence-corrected chi connectivity index (χ4v) is 25.4. The van der Waals surface area contributed by atoms with E-state index in [4.69, 9.17) is 17.3 Å². The van der Waals surface area contributed by atoms with Gasteiger partial charge in [0.05, 0.1) is 0 Å². The van der Waals surface area contributed by atoms with Crippen LogP contribution in [0.2, 0.25) is 6.04 Å². The fourth-order valence-electron chi connectivity index (χ4n) is 7.42. The van der Waals surface area contributed by atoms with Gasteiger partial charge in [0.2, 0.25) is 5.85 Å². The first-order valence-electron chi connectivity index (χ1n) is 16.2. The second-order valence-corrected chi connectivity index (χ2v) is 23.0. The van der Waals surface area contributed by atoms with E-state index in [1.54, 1.807) is 0 Å². The second kappa shape index (κ2) is 13.3. The van der Waals surface area contributed by atoms with Gasteiger partial charge in [-0.1, -0.05) is 156 Å². The third-order valence-corrected chi connectivity index (χ3v) is 25.3. The molecule has 5 heteroatoms. The number of anilines is 2. The predicted molar refractivity (Wildman–Crippen MR) is 205 cm³/mol. The van der Waals surface area contributed by atoms with Crippen molar-refractivity contribution in [2.75, 3.05) is 10.6 Å². The third kappa shape index (κ3) is 5.55. The lowest BCUT2D eigenvalue weighted by atomic mass is 10.1. The molecule has 1 saturated heterocycles. The van der Waals surface area contributed by atoms with Crippen molar-refractivity contribution < 1.29 is 4.43 Å². The van der Waals surface area contributed by atoms with Crippen LogP contribution in [0.15, 0.2) is 170 Å². The Hall–Kier alpha value is -5.57. The van der Waals surface area contributed by atoms with Crippen LogP contribution in [-0.4, -0.2) is 21.3 Å². The van der Waals surface area contributed by atoms with Crippen LogP contribution in [0.3, 0.4) is 0 Å². The van der Waals surface area contributed by atoms with E-state index in [0.717, 1.165) is 28.5 Å². The van der Waals surface area contributed by atoms with Gasteiger partial charge in [-0.3, -0.25) is 0 Å². The Balaban J connectivity index is 1.55. The molecule has 0 aromatic heterocycles. The lowest BCUT2D eigenvalue weighted by molar-refractivity contribution is 0.118. The van der Waals surface area contributed by atoms with Crippen LogP contribution in [0.1, 0.15) is 17.5 Å². The Morgan fingerprint density at radius 3 is 1.29 bits per heavy atom. The molecule has 48 heavy (non-hydrogen) atoms. The molecule has 1 fully saturated rings. The summed E-state index contributed by atoms with van der Waals surface area (Å²) in [5.74, 6) is 4.58. The van der Waals surface area contributed by atoms with Gasteiger partial charge < -0.3 is 15.1 Å². The first-order valence-corrected chi connectivity index (χ1v) is 21.3. The minimum atomic E-state index is -3.25. The SMILES string of the molecule is C#Cc1cccc(NC2(Nc3cccc(C#C)c3)CC[Si](c3ccccc3)(c3ccccc3)[Si](c3ccccc3)(c3ccccc3)O2)c1. The Bertz CT molecular complexity index is 1950. The number of hydrogen-bond donors (Lipinski definition) is 2. The lowest BCUT2D eigenvalue weighted by Gasteiger charge is -2.57. The van der Waals surface area contributed by atoms with Crippen molar-refractivity contribution in [2.24, 2.45) is 0 Å². The van der Waals surface area contributed by atoms with E-state index >= 15 is 0 Å². The molecule has 7 rings (SSSR count). The van der Waals surface area contributed by atoms with Gasteiger partial charge in [0.1, 0.15) is 0 Å². The summed E-state index contributed by atoms with van der Waals surface area (Å²) >= 11 is 0. The minimum absolute atomic E-state index is 0.679. The van der Waals surface area contributed by atoms with E-state index in [-0.39, 0.29) is 0 Å². The van der Waals surface area contributed by atoms with Gasteiger partial charge in [-0.25, -0.2) is 0 Å². The van der Waals surface area contributed by atoms with Crippen LogP contribution in [0, 0.1) is 24.7 Å². The number of hydrogen-bond acceptors (Lipinski definition) is 3. The summed E-state index contributed by atoms with van der Waals surface area (Å²) < 4.78 is 8.19. The van der Waals surface area contributed by atoms with Gasteiger partial charge in [0.15, 0.2) is 7.59 Å². The summed E-state index contributed by atoms with van der Waals surface area (Å²) in [6, 6.07) is 61.0. The zero-order chi connectivity index (χ0) is 32.9. The first-order chi connectivity index (χ1) is 23.6. The highest BCUT2D eigenvalue weighted by Crippen LogP contribution is 2.40. The van der Waals surface area contributed by atoms with Crippen LogP contribution >= 0.6 is 0 Å². The molecule has 3 nitrogen and oxygen atoms in total. The quantitative estimate of drug-likeness (QED) is 0.114. The molecule has 1 heterocycles. The summed E-state index contributed by atoms with van der Waals surface area (Å²) in [5, 5.41) is 12.9. The predicted octanol–water partition coefficient (Wildman–Crippen LogP) is 6.35. The van der Waals surface area contributed by atoms with E-state index in [2.05, 4.69) is 144 Å². The zero-order valence-corrected chi connectivity index (χ0v) is 28.6. The first kappa shape index (κ1) is 31.1. The average molecular weight is 653 g/mol. The molecular weight excluding hydrogens is 617 g/mol. The number of rotatable bonds is 8. The van der Waals surface area contributed by atoms with Crippen molar-refractivity contribution in [1.82, 2.24) is 0 Å². The van der Waals surface area contributed by atoms with Gasteiger partial charge in [-0.2, -0.15) is 0 Å². The summed E-state index contributed by atoms with van der Waals surface area (Å²) in [7, 11) is -6.03. The number of benzene rings is 6. The van der Waals surface area contributed by atoms with Gasteiger partial charge in [0, 0.05) is 28.9 Å². The van der Waals surface area contributed by atoms with Crippen LogP contribution in [0.25, 0.3) is 0 Å². The Morgan fingerprint density at radius 2 is 0.896 bits per heavy atom. The van der Waals surface area contributed by atoms with Crippen molar-refractivity contribution >= 4 is 47.5 Å². The van der Waals surface area contributed by atoms with Crippen molar-refractivity contribution in [3.63, 3.8) is 0 Å². The molecule has 0 saturated carbocycles. The van der Waals surface area contributed by atoms with Crippen LogP contribution in [0.4, 0.5) is 11.4 Å². The van der Waals surface area contributed by atoms with Crippen LogP contribution in [0.5, 0.6) is 0 Å². The monoisotopic (exact) mass is 652 g/mol. The standard InChI is InChI=1S/C43H36N2OSi2/c1-3-35-19-17-21-37(33-35)44-43(45-38-22-18-20-36(4-2)34-38)31-32-47(39-23-9-5-10-24-39,40-25-11-6-12-26-40)48(46-43,41-27-13-7-14-28-41)42-29-15-8-16-30-42/h1-2,5-30,33-34,44-45H,31-32H2. The van der Waals surface area contributed by atoms with Gasteiger partial charge in [0.25, 0.3) is 7.83 Å². The van der Waals surface area contributed by atoms with E-state index in [1.807, 2.05) is 48.5 Å². The highest BCUT2D eigenvalue weighted by molar-refractivity contribution is 7.57. The van der Waals surface area contributed by atoms with Gasteiger partial charge in [-0.15, -0.1) is 12.8 Å². The Morgan fingerprint density at radius 1 is 0.500 bits per heavy atom. The molecule has 0 atom stereocenters. The molecule has 1 aliphatic heterocycles. The van der Waals surface area contributed by atoms with E-state index in [1.165, 1.54) is 20.7 Å². The van der Waals surface area contributed by atoms with Crippen molar-refractivity contribution in [3.05, 3.63) is 181 Å². The molecule has 0 amide bonds. The third-order valence-electron chi connectivity index (χ3n) is 9.43. The molecule has 2 N–H and O–H groups in total. The molecule has 0 bridgehead atoms. The van der Waals surface area contributed by atoms with Crippen molar-refractivity contribution in [2.45, 2.75) is 18.3 Å². The lowest BCUT2D eigenvalue weighted by Crippen LogP contribution is -2.90. The van der Waals surface area contributed by atoms with Gasteiger partial charge >= 0.3 is 0 Å².